The Labute approximate surface area is 95.1 Å². The fourth-order valence-electron chi connectivity index (χ4n) is 2.25. The number of aliphatic hydroxyl groups excluding tert-OH is 1. The lowest BCUT2D eigenvalue weighted by Gasteiger charge is -2.22. The summed E-state index contributed by atoms with van der Waals surface area (Å²) < 4.78 is 18.7. The van der Waals surface area contributed by atoms with Gasteiger partial charge in [-0.3, -0.25) is 0 Å². The van der Waals surface area contributed by atoms with E-state index in [0.717, 1.165) is 12.0 Å². The maximum atomic E-state index is 13.2. The molecule has 1 aliphatic rings. The Morgan fingerprint density at radius 2 is 2.19 bits per heavy atom. The number of ether oxygens (including phenoxy) is 1. The predicted molar refractivity (Wildman–Crippen MR) is 59.6 cm³/mol. The van der Waals surface area contributed by atoms with Gasteiger partial charge in [0.1, 0.15) is 11.9 Å². The number of rotatable bonds is 2. The minimum Gasteiger partial charge on any atom is -0.386 e. The van der Waals surface area contributed by atoms with Crippen LogP contribution in [0.25, 0.3) is 0 Å². The van der Waals surface area contributed by atoms with E-state index >= 15 is 0 Å². The van der Waals surface area contributed by atoms with Crippen LogP contribution in [0.5, 0.6) is 0 Å². The lowest BCUT2D eigenvalue weighted by Crippen LogP contribution is -2.23. The molecule has 1 aromatic carbocycles. The summed E-state index contributed by atoms with van der Waals surface area (Å²) in [4.78, 5) is 0. The van der Waals surface area contributed by atoms with E-state index in [0.29, 0.717) is 18.1 Å². The van der Waals surface area contributed by atoms with Gasteiger partial charge in [-0.1, -0.05) is 13.0 Å². The molecule has 3 heteroatoms. The molecule has 2 nitrogen and oxygen atoms in total. The van der Waals surface area contributed by atoms with Crippen LogP contribution in [0.1, 0.15) is 30.6 Å². The second-order valence-electron chi connectivity index (χ2n) is 4.61. The van der Waals surface area contributed by atoms with Crippen molar-refractivity contribution >= 4 is 0 Å². The summed E-state index contributed by atoms with van der Waals surface area (Å²) in [6.45, 7) is 4.54. The molecule has 1 saturated heterocycles. The molecule has 0 spiro atoms. The van der Waals surface area contributed by atoms with Gasteiger partial charge in [0, 0.05) is 6.61 Å². The van der Waals surface area contributed by atoms with Gasteiger partial charge in [-0.05, 0) is 42.5 Å². The van der Waals surface area contributed by atoms with Gasteiger partial charge >= 0.3 is 0 Å². The van der Waals surface area contributed by atoms with Crippen molar-refractivity contribution in [2.24, 2.45) is 5.92 Å². The predicted octanol–water partition coefficient (Wildman–Crippen LogP) is 2.59. The van der Waals surface area contributed by atoms with Crippen molar-refractivity contribution in [1.29, 1.82) is 0 Å². The molecule has 88 valence electrons. The van der Waals surface area contributed by atoms with Crippen LogP contribution < -0.4 is 0 Å². The molecule has 0 radical (unpaired) electrons. The molecule has 2 rings (SSSR count). The van der Waals surface area contributed by atoms with E-state index < -0.39 is 6.10 Å². The van der Waals surface area contributed by atoms with Crippen molar-refractivity contribution in [3.05, 3.63) is 35.1 Å². The molecular weight excluding hydrogens is 207 g/mol. The second kappa shape index (κ2) is 4.52. The zero-order valence-electron chi connectivity index (χ0n) is 9.61. The summed E-state index contributed by atoms with van der Waals surface area (Å²) in [5, 5.41) is 10.1. The normalized spacial score (nSPS) is 27.0. The van der Waals surface area contributed by atoms with Crippen LogP contribution in [0, 0.1) is 18.7 Å². The van der Waals surface area contributed by atoms with Crippen LogP contribution in [0.4, 0.5) is 4.39 Å². The molecule has 16 heavy (non-hydrogen) atoms. The zero-order chi connectivity index (χ0) is 11.7. The van der Waals surface area contributed by atoms with E-state index in [1.54, 1.807) is 0 Å². The molecule has 0 bridgehead atoms. The molecule has 3 unspecified atom stereocenters. The lowest BCUT2D eigenvalue weighted by molar-refractivity contribution is -0.0179. The number of halogens is 1. The minimum atomic E-state index is -0.730. The first-order valence-corrected chi connectivity index (χ1v) is 5.64. The molecule has 1 N–H and O–H groups in total. The summed E-state index contributed by atoms with van der Waals surface area (Å²) in [6, 6.07) is 4.64. The third-order valence-electron chi connectivity index (χ3n) is 3.16. The molecular formula is C13H17FO2. The summed E-state index contributed by atoms with van der Waals surface area (Å²) in [5.74, 6) is 0.0123. The van der Waals surface area contributed by atoms with Crippen molar-refractivity contribution in [3.63, 3.8) is 0 Å². The second-order valence-corrected chi connectivity index (χ2v) is 4.61. The fraction of sp³-hybridized carbons (Fsp3) is 0.538. The number of hydrogen-bond acceptors (Lipinski definition) is 2. The van der Waals surface area contributed by atoms with Crippen LogP contribution in [0.2, 0.25) is 0 Å². The highest BCUT2D eigenvalue weighted by Crippen LogP contribution is 2.31. The van der Waals surface area contributed by atoms with Gasteiger partial charge in [0.25, 0.3) is 0 Å². The maximum Gasteiger partial charge on any atom is 0.123 e. The molecule has 0 aliphatic carbocycles. The quantitative estimate of drug-likeness (QED) is 0.836. The molecule has 0 aromatic heterocycles. The number of aliphatic hydroxyl groups is 1. The fourth-order valence-corrected chi connectivity index (χ4v) is 2.25. The van der Waals surface area contributed by atoms with Gasteiger partial charge in [0.15, 0.2) is 0 Å². The number of aryl methyl sites for hydroxylation is 1. The summed E-state index contributed by atoms with van der Waals surface area (Å²) in [5.41, 5.74) is 1.43. The van der Waals surface area contributed by atoms with Crippen LogP contribution in [-0.2, 0) is 4.74 Å². The van der Waals surface area contributed by atoms with E-state index in [-0.39, 0.29) is 11.9 Å². The van der Waals surface area contributed by atoms with Crippen LogP contribution >= 0.6 is 0 Å². The first-order valence-electron chi connectivity index (χ1n) is 5.64. The largest absolute Gasteiger partial charge is 0.386 e. The third kappa shape index (κ3) is 2.25. The average Bonchev–Trinajstić information content (AvgIpc) is 2.62. The Bertz CT molecular complexity index is 358. The molecule has 0 saturated carbocycles. The van der Waals surface area contributed by atoms with Gasteiger partial charge in [0.05, 0.1) is 6.10 Å². The number of benzene rings is 1. The van der Waals surface area contributed by atoms with E-state index in [1.165, 1.54) is 12.1 Å². The maximum absolute atomic E-state index is 13.2. The average molecular weight is 224 g/mol. The molecule has 1 aliphatic heterocycles. The monoisotopic (exact) mass is 224 g/mol. The van der Waals surface area contributed by atoms with E-state index in [4.69, 9.17) is 4.74 Å². The summed E-state index contributed by atoms with van der Waals surface area (Å²) >= 11 is 0. The van der Waals surface area contributed by atoms with Crippen molar-refractivity contribution in [3.8, 4) is 0 Å². The first-order chi connectivity index (χ1) is 7.58. The van der Waals surface area contributed by atoms with Gasteiger partial charge < -0.3 is 9.84 Å². The van der Waals surface area contributed by atoms with E-state index in [2.05, 4.69) is 0 Å². The summed E-state index contributed by atoms with van der Waals surface area (Å²) in [6.07, 6.45) is 0.0174. The molecule has 1 heterocycles. The lowest BCUT2D eigenvalue weighted by atomic mass is 9.94. The minimum absolute atomic E-state index is 0.207. The SMILES string of the molecule is Cc1cc(F)cc(C(O)C2OCCC2C)c1. The van der Waals surface area contributed by atoms with Crippen LogP contribution in [-0.4, -0.2) is 17.8 Å². The topological polar surface area (TPSA) is 29.5 Å². The Morgan fingerprint density at radius 1 is 1.44 bits per heavy atom. The highest BCUT2D eigenvalue weighted by molar-refractivity contribution is 5.26. The van der Waals surface area contributed by atoms with Gasteiger partial charge in [0.2, 0.25) is 0 Å². The summed E-state index contributed by atoms with van der Waals surface area (Å²) in [7, 11) is 0. The molecule has 0 amide bonds. The van der Waals surface area contributed by atoms with E-state index in [1.807, 2.05) is 19.9 Å². The number of hydrogen-bond donors (Lipinski definition) is 1. The molecule has 1 aromatic rings. The third-order valence-corrected chi connectivity index (χ3v) is 3.16. The van der Waals surface area contributed by atoms with Crippen molar-refractivity contribution in [1.82, 2.24) is 0 Å². The molecule has 1 fully saturated rings. The van der Waals surface area contributed by atoms with Gasteiger partial charge in [-0.2, -0.15) is 0 Å². The van der Waals surface area contributed by atoms with Crippen molar-refractivity contribution < 1.29 is 14.2 Å². The van der Waals surface area contributed by atoms with Crippen molar-refractivity contribution in [2.75, 3.05) is 6.61 Å². The van der Waals surface area contributed by atoms with Crippen molar-refractivity contribution in [2.45, 2.75) is 32.5 Å². The molecule has 3 atom stereocenters. The highest BCUT2D eigenvalue weighted by atomic mass is 19.1. The first kappa shape index (κ1) is 11.6. The Hall–Kier alpha value is -0.930. The van der Waals surface area contributed by atoms with Crippen LogP contribution in [0.3, 0.4) is 0 Å². The van der Waals surface area contributed by atoms with Crippen LogP contribution in [0.15, 0.2) is 18.2 Å². The Kier molecular flexibility index (Phi) is 3.26. The highest BCUT2D eigenvalue weighted by Gasteiger charge is 2.31. The Balaban J connectivity index is 2.22. The van der Waals surface area contributed by atoms with Gasteiger partial charge in [-0.15, -0.1) is 0 Å². The zero-order valence-corrected chi connectivity index (χ0v) is 9.61. The smallest absolute Gasteiger partial charge is 0.123 e. The standard InChI is InChI=1S/C13H17FO2/c1-8-5-10(7-11(14)6-8)12(15)13-9(2)3-4-16-13/h5-7,9,12-13,15H,3-4H2,1-2H3. The Morgan fingerprint density at radius 3 is 2.75 bits per heavy atom. The van der Waals surface area contributed by atoms with Gasteiger partial charge in [-0.25, -0.2) is 4.39 Å². The van der Waals surface area contributed by atoms with E-state index in [9.17, 15) is 9.50 Å².